The largest absolute Gasteiger partial charge is 0.507 e. The molecule has 110 valence electrons. The topological polar surface area (TPSA) is 49.3 Å². The average molecular weight is 387 g/mol. The zero-order valence-electron chi connectivity index (χ0n) is 11.9. The number of benzene rings is 1. The number of halogens is 1. The van der Waals surface area contributed by atoms with Gasteiger partial charge in [0.25, 0.3) is 5.91 Å². The van der Waals surface area contributed by atoms with Crippen LogP contribution in [-0.4, -0.2) is 17.1 Å². The minimum Gasteiger partial charge on any atom is -0.507 e. The van der Waals surface area contributed by atoms with Crippen molar-refractivity contribution >= 4 is 28.5 Å². The smallest absolute Gasteiger partial charge is 0.255 e. The maximum absolute atomic E-state index is 12.4. The molecule has 4 heteroatoms. The first-order valence-corrected chi connectivity index (χ1v) is 8.49. The summed E-state index contributed by atoms with van der Waals surface area (Å²) in [7, 11) is 0. The van der Waals surface area contributed by atoms with E-state index in [1.54, 1.807) is 18.2 Å². The maximum Gasteiger partial charge on any atom is 0.255 e. The predicted octanol–water partition coefficient (Wildman–Crippen LogP) is 4.09. The molecule has 2 rings (SSSR count). The summed E-state index contributed by atoms with van der Waals surface area (Å²) in [4.78, 5) is 12.4. The summed E-state index contributed by atoms with van der Waals surface area (Å²) in [5.74, 6) is 0.488. The van der Waals surface area contributed by atoms with Crippen LogP contribution in [0.15, 0.2) is 18.2 Å². The van der Waals surface area contributed by atoms with Gasteiger partial charge in [-0.3, -0.25) is 4.79 Å². The van der Waals surface area contributed by atoms with Crippen LogP contribution >= 0.6 is 22.6 Å². The average Bonchev–Trinajstić information content (AvgIpc) is 2.48. The highest BCUT2D eigenvalue weighted by atomic mass is 127. The number of nitrogens with one attached hydrogen (secondary N) is 1. The Balaban J connectivity index is 2.06. The SMILES string of the molecule is CCC(NC(=O)c1cc(I)ccc1O)C1CCCCC1. The Morgan fingerprint density at radius 1 is 1.40 bits per heavy atom. The number of amides is 1. The van der Waals surface area contributed by atoms with Crippen LogP contribution in [0.25, 0.3) is 0 Å². The second kappa shape index (κ2) is 7.29. The van der Waals surface area contributed by atoms with Gasteiger partial charge in [-0.1, -0.05) is 26.2 Å². The van der Waals surface area contributed by atoms with Crippen molar-refractivity contribution in [1.29, 1.82) is 0 Å². The van der Waals surface area contributed by atoms with Crippen molar-refractivity contribution in [2.24, 2.45) is 5.92 Å². The number of carbonyl (C=O) groups is 1. The molecule has 1 atom stereocenters. The van der Waals surface area contributed by atoms with E-state index in [0.29, 0.717) is 11.5 Å². The van der Waals surface area contributed by atoms with Crippen LogP contribution in [0.3, 0.4) is 0 Å². The molecule has 1 aromatic rings. The third-order valence-corrected chi connectivity index (χ3v) is 4.85. The molecule has 0 heterocycles. The Kier molecular flexibility index (Phi) is 5.69. The summed E-state index contributed by atoms with van der Waals surface area (Å²) in [6.07, 6.45) is 7.21. The van der Waals surface area contributed by atoms with Crippen LogP contribution in [0.4, 0.5) is 0 Å². The van der Waals surface area contributed by atoms with Crippen LogP contribution < -0.4 is 5.32 Å². The van der Waals surface area contributed by atoms with Crippen molar-refractivity contribution in [3.63, 3.8) is 0 Å². The molecule has 1 aliphatic carbocycles. The van der Waals surface area contributed by atoms with Crippen molar-refractivity contribution < 1.29 is 9.90 Å². The van der Waals surface area contributed by atoms with E-state index in [1.807, 2.05) is 0 Å². The molecule has 2 N–H and O–H groups in total. The molecule has 1 amide bonds. The van der Waals surface area contributed by atoms with Crippen LogP contribution in [0.5, 0.6) is 5.75 Å². The number of rotatable bonds is 4. The lowest BCUT2D eigenvalue weighted by molar-refractivity contribution is 0.0908. The molecule has 1 saturated carbocycles. The molecular weight excluding hydrogens is 365 g/mol. The number of hydrogen-bond acceptors (Lipinski definition) is 2. The molecule has 1 aliphatic rings. The third kappa shape index (κ3) is 3.87. The number of phenolic OH excluding ortho intramolecular Hbond substituents is 1. The highest BCUT2D eigenvalue weighted by molar-refractivity contribution is 14.1. The Bertz CT molecular complexity index is 470. The van der Waals surface area contributed by atoms with Gasteiger partial charge in [-0.05, 0) is 66.0 Å². The van der Waals surface area contributed by atoms with E-state index in [-0.39, 0.29) is 17.7 Å². The summed E-state index contributed by atoms with van der Waals surface area (Å²) >= 11 is 2.15. The molecule has 1 aromatic carbocycles. The highest BCUT2D eigenvalue weighted by Crippen LogP contribution is 2.28. The quantitative estimate of drug-likeness (QED) is 0.765. The van der Waals surface area contributed by atoms with E-state index in [0.717, 1.165) is 9.99 Å². The fourth-order valence-corrected chi connectivity index (χ4v) is 3.52. The predicted molar refractivity (Wildman–Crippen MR) is 88.9 cm³/mol. The molecule has 0 aromatic heterocycles. The van der Waals surface area contributed by atoms with Gasteiger partial charge >= 0.3 is 0 Å². The Labute approximate surface area is 134 Å². The van der Waals surface area contributed by atoms with E-state index in [1.165, 1.54) is 32.1 Å². The highest BCUT2D eigenvalue weighted by Gasteiger charge is 2.24. The van der Waals surface area contributed by atoms with E-state index in [9.17, 15) is 9.90 Å². The fraction of sp³-hybridized carbons (Fsp3) is 0.562. The van der Waals surface area contributed by atoms with Gasteiger partial charge in [0.1, 0.15) is 5.75 Å². The molecule has 0 aliphatic heterocycles. The van der Waals surface area contributed by atoms with E-state index >= 15 is 0 Å². The first-order chi connectivity index (χ1) is 9.61. The van der Waals surface area contributed by atoms with Gasteiger partial charge in [0.2, 0.25) is 0 Å². The first-order valence-electron chi connectivity index (χ1n) is 7.41. The van der Waals surface area contributed by atoms with E-state index in [4.69, 9.17) is 0 Å². The lowest BCUT2D eigenvalue weighted by Gasteiger charge is -2.30. The van der Waals surface area contributed by atoms with Gasteiger partial charge in [0.05, 0.1) is 5.56 Å². The standard InChI is InChI=1S/C16H22INO2/c1-2-14(11-6-4-3-5-7-11)18-16(20)13-10-12(17)8-9-15(13)19/h8-11,14,19H,2-7H2,1H3,(H,18,20). The zero-order chi connectivity index (χ0) is 14.5. The van der Waals surface area contributed by atoms with Gasteiger partial charge in [0, 0.05) is 9.61 Å². The van der Waals surface area contributed by atoms with Crippen LogP contribution in [-0.2, 0) is 0 Å². The monoisotopic (exact) mass is 387 g/mol. The van der Waals surface area contributed by atoms with Crippen LogP contribution in [0.2, 0.25) is 0 Å². The van der Waals surface area contributed by atoms with Crippen molar-refractivity contribution in [3.8, 4) is 5.75 Å². The van der Waals surface area contributed by atoms with Crippen molar-refractivity contribution in [3.05, 3.63) is 27.3 Å². The summed E-state index contributed by atoms with van der Waals surface area (Å²) in [5.41, 5.74) is 0.381. The van der Waals surface area contributed by atoms with Gasteiger partial charge in [-0.25, -0.2) is 0 Å². The molecule has 0 saturated heterocycles. The normalized spacial score (nSPS) is 17.7. The third-order valence-electron chi connectivity index (χ3n) is 4.18. The number of hydrogen-bond donors (Lipinski definition) is 2. The van der Waals surface area contributed by atoms with Gasteiger partial charge in [-0.2, -0.15) is 0 Å². The molecular formula is C16H22INO2. The van der Waals surface area contributed by atoms with Crippen molar-refractivity contribution in [2.75, 3.05) is 0 Å². The van der Waals surface area contributed by atoms with Crippen molar-refractivity contribution in [1.82, 2.24) is 5.32 Å². The number of phenols is 1. The van der Waals surface area contributed by atoms with E-state index in [2.05, 4.69) is 34.8 Å². The molecule has 3 nitrogen and oxygen atoms in total. The second-order valence-corrected chi connectivity index (χ2v) is 6.79. The second-order valence-electron chi connectivity index (χ2n) is 5.55. The van der Waals surface area contributed by atoms with E-state index < -0.39 is 0 Å². The molecule has 0 spiro atoms. The summed E-state index contributed by atoms with van der Waals surface area (Å²) in [6.45, 7) is 2.12. The summed E-state index contributed by atoms with van der Waals surface area (Å²) < 4.78 is 0.955. The fourth-order valence-electron chi connectivity index (χ4n) is 3.03. The molecule has 20 heavy (non-hydrogen) atoms. The molecule has 0 radical (unpaired) electrons. The maximum atomic E-state index is 12.4. The lowest BCUT2D eigenvalue weighted by Crippen LogP contribution is -2.40. The van der Waals surface area contributed by atoms with Crippen molar-refractivity contribution in [2.45, 2.75) is 51.5 Å². The van der Waals surface area contributed by atoms with Gasteiger partial charge < -0.3 is 10.4 Å². The molecule has 0 bridgehead atoms. The Morgan fingerprint density at radius 3 is 2.75 bits per heavy atom. The first kappa shape index (κ1) is 15.6. The molecule has 1 unspecified atom stereocenters. The van der Waals surface area contributed by atoms with Crippen LogP contribution in [0.1, 0.15) is 55.8 Å². The van der Waals surface area contributed by atoms with Crippen LogP contribution in [0, 0.1) is 9.49 Å². The minimum absolute atomic E-state index is 0.0569. The Morgan fingerprint density at radius 2 is 2.10 bits per heavy atom. The number of carbonyl (C=O) groups excluding carboxylic acids is 1. The Hall–Kier alpha value is -0.780. The molecule has 1 fully saturated rings. The van der Waals surface area contributed by atoms with Gasteiger partial charge in [-0.15, -0.1) is 0 Å². The summed E-state index contributed by atoms with van der Waals surface area (Å²) in [6, 6.07) is 5.34. The zero-order valence-corrected chi connectivity index (χ0v) is 14.0. The summed E-state index contributed by atoms with van der Waals surface area (Å²) in [5, 5.41) is 13.0. The minimum atomic E-state index is -0.154. The lowest BCUT2D eigenvalue weighted by atomic mass is 9.83. The van der Waals surface area contributed by atoms with Gasteiger partial charge in [0.15, 0.2) is 0 Å². The number of aromatic hydroxyl groups is 1.